The molecule has 0 saturated carbocycles. The smallest absolute Gasteiger partial charge is 0.271 e. The van der Waals surface area contributed by atoms with Gasteiger partial charge in [-0.05, 0) is 32.4 Å². The largest absolute Gasteiger partial charge is 0.376 e. The Bertz CT molecular complexity index is 434. The van der Waals surface area contributed by atoms with Crippen molar-refractivity contribution in [1.82, 2.24) is 15.5 Å². The van der Waals surface area contributed by atoms with Gasteiger partial charge in [0, 0.05) is 13.7 Å². The molecule has 1 fully saturated rings. The first-order valence-corrected chi connectivity index (χ1v) is 6.01. The molecule has 0 radical (unpaired) electrons. The number of amides is 1. The summed E-state index contributed by atoms with van der Waals surface area (Å²) in [5.74, 6) is 0.417. The molecule has 2 atom stereocenters. The molecule has 0 spiro atoms. The highest BCUT2D eigenvalue weighted by atomic mass is 16.5. The summed E-state index contributed by atoms with van der Waals surface area (Å²) in [6.07, 6.45) is 1.05. The third-order valence-electron chi connectivity index (χ3n) is 3.42. The first-order valence-electron chi connectivity index (χ1n) is 6.01. The van der Waals surface area contributed by atoms with Crippen LogP contribution >= 0.6 is 0 Å². The molecule has 98 valence electrons. The lowest BCUT2D eigenvalue weighted by atomic mass is 9.95. The van der Waals surface area contributed by atoms with Gasteiger partial charge in [-0.2, -0.15) is 0 Å². The molecule has 6 heteroatoms. The van der Waals surface area contributed by atoms with E-state index in [0.29, 0.717) is 11.5 Å². The average Bonchev–Trinajstić information content (AvgIpc) is 2.69. The summed E-state index contributed by atoms with van der Waals surface area (Å²) in [5, 5.41) is 13.7. The standard InChI is InChI=1S/C12H18N4O2/c1-8-12(2,6-7-18-8)14-10-5-4-9(15-16-10)11(17)13-3/h4-5,8H,6-7H2,1-3H3,(H,13,17)(H,14,16). The lowest BCUT2D eigenvalue weighted by Crippen LogP contribution is -2.41. The Morgan fingerprint density at radius 1 is 1.50 bits per heavy atom. The minimum absolute atomic E-state index is 0.123. The van der Waals surface area contributed by atoms with Crippen molar-refractivity contribution in [3.63, 3.8) is 0 Å². The minimum atomic E-state index is -0.238. The van der Waals surface area contributed by atoms with Crippen LogP contribution in [0, 0.1) is 0 Å². The van der Waals surface area contributed by atoms with Crippen LogP contribution in [0.25, 0.3) is 0 Å². The van der Waals surface area contributed by atoms with E-state index in [2.05, 4.69) is 27.8 Å². The van der Waals surface area contributed by atoms with E-state index in [1.807, 2.05) is 6.92 Å². The molecule has 18 heavy (non-hydrogen) atoms. The zero-order valence-electron chi connectivity index (χ0n) is 10.9. The van der Waals surface area contributed by atoms with Crippen molar-refractivity contribution in [3.8, 4) is 0 Å². The first-order chi connectivity index (χ1) is 8.55. The summed E-state index contributed by atoms with van der Waals surface area (Å²) in [5.41, 5.74) is 0.173. The fraction of sp³-hybridized carbons (Fsp3) is 0.583. The summed E-state index contributed by atoms with van der Waals surface area (Å²) in [4.78, 5) is 11.3. The zero-order valence-corrected chi connectivity index (χ0v) is 10.9. The number of nitrogens with one attached hydrogen (secondary N) is 2. The molecule has 2 unspecified atom stereocenters. The van der Waals surface area contributed by atoms with Crippen LogP contribution in [0.4, 0.5) is 5.82 Å². The second kappa shape index (κ2) is 4.89. The van der Waals surface area contributed by atoms with E-state index in [1.54, 1.807) is 19.2 Å². The molecule has 1 aliphatic rings. The molecule has 1 aromatic heterocycles. The van der Waals surface area contributed by atoms with Crippen molar-refractivity contribution >= 4 is 11.7 Å². The number of hydrogen-bond donors (Lipinski definition) is 2. The molecular formula is C12H18N4O2. The number of rotatable bonds is 3. The van der Waals surface area contributed by atoms with E-state index in [-0.39, 0.29) is 17.6 Å². The Kier molecular flexibility index (Phi) is 3.47. The van der Waals surface area contributed by atoms with Gasteiger partial charge in [0.05, 0.1) is 11.6 Å². The monoisotopic (exact) mass is 250 g/mol. The lowest BCUT2D eigenvalue weighted by Gasteiger charge is -2.29. The Morgan fingerprint density at radius 3 is 2.78 bits per heavy atom. The molecule has 0 bridgehead atoms. The van der Waals surface area contributed by atoms with Gasteiger partial charge in [-0.1, -0.05) is 0 Å². The number of anilines is 1. The molecule has 2 N–H and O–H groups in total. The molecule has 1 aliphatic heterocycles. The van der Waals surface area contributed by atoms with E-state index in [9.17, 15) is 4.79 Å². The molecule has 1 aromatic rings. The second-order valence-corrected chi connectivity index (χ2v) is 4.69. The summed E-state index contributed by atoms with van der Waals surface area (Å²) in [7, 11) is 1.56. The number of carbonyl (C=O) groups is 1. The molecule has 0 aromatic carbocycles. The molecule has 2 heterocycles. The minimum Gasteiger partial charge on any atom is -0.376 e. The van der Waals surface area contributed by atoms with E-state index in [1.165, 1.54) is 0 Å². The highest BCUT2D eigenvalue weighted by molar-refractivity contribution is 5.91. The fourth-order valence-corrected chi connectivity index (χ4v) is 1.94. The van der Waals surface area contributed by atoms with E-state index < -0.39 is 0 Å². The molecule has 6 nitrogen and oxygen atoms in total. The summed E-state index contributed by atoms with van der Waals surface area (Å²) < 4.78 is 5.55. The number of carbonyl (C=O) groups excluding carboxylic acids is 1. The van der Waals surface area contributed by atoms with Crippen LogP contribution in [0.3, 0.4) is 0 Å². The lowest BCUT2D eigenvalue weighted by molar-refractivity contribution is 0.0957. The highest BCUT2D eigenvalue weighted by Crippen LogP contribution is 2.28. The van der Waals surface area contributed by atoms with Gasteiger partial charge in [0.2, 0.25) is 0 Å². The molecule has 2 rings (SSSR count). The molecule has 1 amide bonds. The van der Waals surface area contributed by atoms with Crippen LogP contribution in [-0.2, 0) is 4.74 Å². The van der Waals surface area contributed by atoms with Crippen LogP contribution in [0.1, 0.15) is 30.8 Å². The van der Waals surface area contributed by atoms with Crippen LogP contribution in [0.5, 0.6) is 0 Å². The van der Waals surface area contributed by atoms with Gasteiger partial charge in [-0.15, -0.1) is 10.2 Å². The van der Waals surface area contributed by atoms with Crippen LogP contribution in [0.2, 0.25) is 0 Å². The molecule has 0 aliphatic carbocycles. The second-order valence-electron chi connectivity index (χ2n) is 4.69. The van der Waals surface area contributed by atoms with Crippen LogP contribution in [0.15, 0.2) is 12.1 Å². The van der Waals surface area contributed by atoms with Crippen molar-refractivity contribution in [3.05, 3.63) is 17.8 Å². The Hall–Kier alpha value is -1.69. The fourth-order valence-electron chi connectivity index (χ4n) is 1.94. The first kappa shape index (κ1) is 12.8. The van der Waals surface area contributed by atoms with E-state index >= 15 is 0 Å². The van der Waals surface area contributed by atoms with Gasteiger partial charge in [0.1, 0.15) is 5.82 Å². The van der Waals surface area contributed by atoms with Gasteiger partial charge >= 0.3 is 0 Å². The normalized spacial score (nSPS) is 26.9. The number of ether oxygens (including phenoxy) is 1. The van der Waals surface area contributed by atoms with Crippen molar-refractivity contribution in [2.75, 3.05) is 19.0 Å². The van der Waals surface area contributed by atoms with Crippen LogP contribution in [-0.4, -0.2) is 41.4 Å². The van der Waals surface area contributed by atoms with E-state index in [0.717, 1.165) is 13.0 Å². The van der Waals surface area contributed by atoms with Gasteiger partial charge in [0.15, 0.2) is 5.69 Å². The van der Waals surface area contributed by atoms with Crippen molar-refractivity contribution in [2.24, 2.45) is 0 Å². The highest BCUT2D eigenvalue weighted by Gasteiger charge is 2.37. The summed E-state index contributed by atoms with van der Waals surface area (Å²) in [6, 6.07) is 3.41. The number of aromatic nitrogens is 2. The van der Waals surface area contributed by atoms with Crippen LogP contribution < -0.4 is 10.6 Å². The van der Waals surface area contributed by atoms with E-state index in [4.69, 9.17) is 4.74 Å². The maximum absolute atomic E-state index is 11.3. The Balaban J connectivity index is 2.09. The Morgan fingerprint density at radius 2 is 2.28 bits per heavy atom. The zero-order chi connectivity index (χ0) is 13.2. The Labute approximate surface area is 106 Å². The van der Waals surface area contributed by atoms with Gasteiger partial charge in [-0.3, -0.25) is 4.79 Å². The third-order valence-corrected chi connectivity index (χ3v) is 3.42. The maximum Gasteiger partial charge on any atom is 0.271 e. The molecule has 1 saturated heterocycles. The predicted molar refractivity (Wildman–Crippen MR) is 67.5 cm³/mol. The van der Waals surface area contributed by atoms with Crippen molar-refractivity contribution in [2.45, 2.75) is 31.9 Å². The van der Waals surface area contributed by atoms with Crippen molar-refractivity contribution < 1.29 is 9.53 Å². The number of nitrogens with zero attached hydrogens (tertiary/aromatic N) is 2. The van der Waals surface area contributed by atoms with Crippen molar-refractivity contribution in [1.29, 1.82) is 0 Å². The van der Waals surface area contributed by atoms with Gasteiger partial charge < -0.3 is 15.4 Å². The SMILES string of the molecule is CNC(=O)c1ccc(NC2(C)CCOC2C)nn1. The average molecular weight is 250 g/mol. The maximum atomic E-state index is 11.3. The summed E-state index contributed by atoms with van der Waals surface area (Å²) in [6.45, 7) is 4.87. The van der Waals surface area contributed by atoms with Gasteiger partial charge in [-0.25, -0.2) is 0 Å². The molecular weight excluding hydrogens is 232 g/mol. The van der Waals surface area contributed by atoms with Gasteiger partial charge in [0.25, 0.3) is 5.91 Å². The third kappa shape index (κ3) is 2.43. The predicted octanol–water partition coefficient (Wildman–Crippen LogP) is 0.816. The number of hydrogen-bond acceptors (Lipinski definition) is 5. The summed E-state index contributed by atoms with van der Waals surface area (Å²) >= 11 is 0. The topological polar surface area (TPSA) is 76.1 Å². The quantitative estimate of drug-likeness (QED) is 0.830.